The summed E-state index contributed by atoms with van der Waals surface area (Å²) in [6.07, 6.45) is 0.762. The van der Waals surface area contributed by atoms with Crippen molar-refractivity contribution in [2.75, 3.05) is 5.32 Å². The van der Waals surface area contributed by atoms with E-state index >= 15 is 0 Å². The second-order valence-electron chi connectivity index (χ2n) is 5.22. The van der Waals surface area contributed by atoms with Crippen molar-refractivity contribution in [3.63, 3.8) is 0 Å². The molecule has 6 nitrogen and oxygen atoms in total. The fourth-order valence-corrected chi connectivity index (χ4v) is 3.09. The summed E-state index contributed by atoms with van der Waals surface area (Å²) < 4.78 is 5.56. The molecule has 2 saturated heterocycles. The fourth-order valence-electron chi connectivity index (χ4n) is 3.09. The van der Waals surface area contributed by atoms with Crippen LogP contribution in [-0.2, 0) is 14.3 Å². The summed E-state index contributed by atoms with van der Waals surface area (Å²) >= 11 is 0. The first-order chi connectivity index (χ1) is 9.56. The Hall–Kier alpha value is -2.08. The highest BCUT2D eigenvalue weighted by Gasteiger charge is 2.55. The molecule has 2 heterocycles. The van der Waals surface area contributed by atoms with Crippen molar-refractivity contribution >= 4 is 17.6 Å². The first-order valence-electron chi connectivity index (χ1n) is 6.54. The van der Waals surface area contributed by atoms with E-state index < -0.39 is 17.8 Å². The summed E-state index contributed by atoms with van der Waals surface area (Å²) in [4.78, 5) is 23.6. The number of rotatable bonds is 3. The van der Waals surface area contributed by atoms with E-state index in [2.05, 4.69) is 5.32 Å². The molecular formula is C14H15NO5. The van der Waals surface area contributed by atoms with Crippen LogP contribution in [-0.4, -0.2) is 34.3 Å². The van der Waals surface area contributed by atoms with Crippen LogP contribution in [0.4, 0.5) is 5.69 Å². The third-order valence-corrected chi connectivity index (χ3v) is 4.00. The SMILES string of the molecule is O=C(O)[C@@H]1[C@@H](C(=O)Nc2ccc(O)cc2)[C@H]2CC[C@H]1O2. The molecule has 106 valence electrons. The molecule has 2 bridgehead atoms. The van der Waals surface area contributed by atoms with Gasteiger partial charge >= 0.3 is 5.97 Å². The molecule has 2 fully saturated rings. The van der Waals surface area contributed by atoms with E-state index in [4.69, 9.17) is 4.74 Å². The molecule has 0 saturated carbocycles. The Kier molecular flexibility index (Phi) is 3.10. The van der Waals surface area contributed by atoms with E-state index in [9.17, 15) is 19.8 Å². The number of fused-ring (bicyclic) bond motifs is 2. The maximum absolute atomic E-state index is 12.3. The number of aromatic hydroxyl groups is 1. The number of hydrogen-bond donors (Lipinski definition) is 3. The number of aliphatic carboxylic acids is 1. The van der Waals surface area contributed by atoms with Gasteiger partial charge in [-0.05, 0) is 37.1 Å². The number of carbonyl (C=O) groups is 2. The Bertz CT molecular complexity index is 541. The molecule has 0 unspecified atom stereocenters. The fraction of sp³-hybridized carbons (Fsp3) is 0.429. The normalized spacial score (nSPS) is 31.2. The van der Waals surface area contributed by atoms with E-state index in [1.165, 1.54) is 12.1 Å². The highest BCUT2D eigenvalue weighted by Crippen LogP contribution is 2.44. The lowest BCUT2D eigenvalue weighted by molar-refractivity contribution is -0.147. The molecule has 2 aliphatic heterocycles. The topological polar surface area (TPSA) is 95.9 Å². The van der Waals surface area contributed by atoms with Crippen LogP contribution in [0.25, 0.3) is 0 Å². The van der Waals surface area contributed by atoms with Crippen molar-refractivity contribution in [1.29, 1.82) is 0 Å². The molecule has 6 heteroatoms. The number of phenols is 1. The van der Waals surface area contributed by atoms with Gasteiger partial charge in [0.25, 0.3) is 0 Å². The number of phenolic OH excluding ortho intramolecular Hbond substituents is 1. The van der Waals surface area contributed by atoms with Crippen molar-refractivity contribution in [2.24, 2.45) is 11.8 Å². The molecule has 3 rings (SSSR count). The Labute approximate surface area is 115 Å². The number of carboxylic acids is 1. The average Bonchev–Trinajstić information content (AvgIpc) is 3.01. The van der Waals surface area contributed by atoms with Crippen molar-refractivity contribution in [3.05, 3.63) is 24.3 Å². The summed E-state index contributed by atoms with van der Waals surface area (Å²) in [5.41, 5.74) is 0.528. The number of amides is 1. The Morgan fingerprint density at radius 1 is 1.10 bits per heavy atom. The number of carbonyl (C=O) groups excluding carboxylic acids is 1. The van der Waals surface area contributed by atoms with Gasteiger partial charge in [0.2, 0.25) is 5.91 Å². The number of benzene rings is 1. The molecule has 0 aromatic heterocycles. The summed E-state index contributed by atoms with van der Waals surface area (Å²) in [6, 6.07) is 6.05. The van der Waals surface area contributed by atoms with Crippen LogP contribution in [0.1, 0.15) is 12.8 Å². The molecule has 3 N–H and O–H groups in total. The highest BCUT2D eigenvalue weighted by molar-refractivity contribution is 5.96. The number of anilines is 1. The Morgan fingerprint density at radius 3 is 2.30 bits per heavy atom. The van der Waals surface area contributed by atoms with E-state index in [1.54, 1.807) is 12.1 Å². The summed E-state index contributed by atoms with van der Waals surface area (Å²) in [5, 5.41) is 21.1. The van der Waals surface area contributed by atoms with Gasteiger partial charge in [-0.2, -0.15) is 0 Å². The summed E-state index contributed by atoms with van der Waals surface area (Å²) in [6.45, 7) is 0. The third kappa shape index (κ3) is 2.12. The molecule has 0 spiro atoms. The molecular weight excluding hydrogens is 262 g/mol. The molecule has 1 amide bonds. The third-order valence-electron chi connectivity index (χ3n) is 4.00. The van der Waals surface area contributed by atoms with Gasteiger partial charge in [0.1, 0.15) is 5.75 Å². The minimum Gasteiger partial charge on any atom is -0.508 e. The van der Waals surface area contributed by atoms with Gasteiger partial charge in [0.15, 0.2) is 0 Å². The van der Waals surface area contributed by atoms with Crippen LogP contribution < -0.4 is 5.32 Å². The highest BCUT2D eigenvalue weighted by atomic mass is 16.5. The van der Waals surface area contributed by atoms with E-state index in [1.807, 2.05) is 0 Å². The maximum Gasteiger partial charge on any atom is 0.310 e. The molecule has 1 aromatic carbocycles. The Morgan fingerprint density at radius 2 is 1.70 bits per heavy atom. The zero-order valence-corrected chi connectivity index (χ0v) is 10.7. The van der Waals surface area contributed by atoms with E-state index in [0.717, 1.165) is 6.42 Å². The first-order valence-corrected chi connectivity index (χ1v) is 6.54. The standard InChI is InChI=1S/C14H15NO5/c16-8-3-1-7(2-4-8)15-13(17)11-9-5-6-10(20-9)12(11)14(18)19/h1-4,9-12,16H,5-6H2,(H,15,17)(H,18,19)/t9-,10-,11+,12+/m1/s1. The van der Waals surface area contributed by atoms with E-state index in [0.29, 0.717) is 12.1 Å². The van der Waals surface area contributed by atoms with Crippen molar-refractivity contribution in [2.45, 2.75) is 25.0 Å². The second kappa shape index (κ2) is 4.79. The van der Waals surface area contributed by atoms with Gasteiger partial charge in [-0.15, -0.1) is 0 Å². The van der Waals surface area contributed by atoms with Gasteiger partial charge in [-0.25, -0.2) is 0 Å². The molecule has 20 heavy (non-hydrogen) atoms. The number of nitrogens with one attached hydrogen (secondary N) is 1. The van der Waals surface area contributed by atoms with Crippen LogP contribution >= 0.6 is 0 Å². The lowest BCUT2D eigenvalue weighted by Gasteiger charge is -2.23. The lowest BCUT2D eigenvalue weighted by Crippen LogP contribution is -2.40. The average molecular weight is 277 g/mol. The molecule has 4 atom stereocenters. The minimum atomic E-state index is -0.983. The first kappa shape index (κ1) is 12.9. The largest absolute Gasteiger partial charge is 0.508 e. The van der Waals surface area contributed by atoms with Crippen LogP contribution in [0.5, 0.6) is 5.75 Å². The number of hydrogen-bond acceptors (Lipinski definition) is 4. The summed E-state index contributed by atoms with van der Waals surface area (Å²) in [5.74, 6) is -2.64. The Balaban J connectivity index is 1.76. The minimum absolute atomic E-state index is 0.106. The monoisotopic (exact) mass is 277 g/mol. The van der Waals surface area contributed by atoms with Gasteiger partial charge in [-0.1, -0.05) is 0 Å². The summed E-state index contributed by atoms with van der Waals surface area (Å²) in [7, 11) is 0. The van der Waals surface area contributed by atoms with Gasteiger partial charge in [-0.3, -0.25) is 9.59 Å². The maximum atomic E-state index is 12.3. The van der Waals surface area contributed by atoms with Crippen molar-refractivity contribution < 1.29 is 24.5 Å². The smallest absolute Gasteiger partial charge is 0.310 e. The van der Waals surface area contributed by atoms with Gasteiger partial charge in [0, 0.05) is 5.69 Å². The molecule has 0 aliphatic carbocycles. The zero-order chi connectivity index (χ0) is 14.3. The lowest BCUT2D eigenvalue weighted by atomic mass is 9.78. The van der Waals surface area contributed by atoms with E-state index in [-0.39, 0.29) is 23.9 Å². The van der Waals surface area contributed by atoms with Crippen molar-refractivity contribution in [1.82, 2.24) is 0 Å². The molecule has 2 aliphatic rings. The molecule has 0 radical (unpaired) electrons. The van der Waals surface area contributed by atoms with Crippen LogP contribution in [0.2, 0.25) is 0 Å². The number of carboxylic acid groups (broad SMARTS) is 1. The second-order valence-corrected chi connectivity index (χ2v) is 5.22. The quantitative estimate of drug-likeness (QED) is 0.722. The molecule has 1 aromatic rings. The van der Waals surface area contributed by atoms with Gasteiger partial charge in [0.05, 0.1) is 24.0 Å². The van der Waals surface area contributed by atoms with Crippen LogP contribution in [0.3, 0.4) is 0 Å². The predicted octanol–water partition coefficient (Wildman–Crippen LogP) is 1.21. The zero-order valence-electron chi connectivity index (χ0n) is 10.7. The number of ether oxygens (including phenoxy) is 1. The van der Waals surface area contributed by atoms with Gasteiger partial charge < -0.3 is 20.3 Å². The van der Waals surface area contributed by atoms with Crippen molar-refractivity contribution in [3.8, 4) is 5.75 Å². The predicted molar refractivity (Wildman–Crippen MR) is 69.2 cm³/mol. The van der Waals surface area contributed by atoms with Crippen LogP contribution in [0.15, 0.2) is 24.3 Å². The van der Waals surface area contributed by atoms with Crippen LogP contribution in [0, 0.1) is 11.8 Å².